The molecular formula is C16H26N2O4. The molecule has 1 saturated heterocycles. The van der Waals surface area contributed by atoms with Crippen LogP contribution in [0, 0.1) is 5.92 Å². The second-order valence-corrected chi connectivity index (χ2v) is 5.58. The van der Waals surface area contributed by atoms with Crippen LogP contribution in [0.5, 0.6) is 0 Å². The summed E-state index contributed by atoms with van der Waals surface area (Å²) < 4.78 is 5.11. The van der Waals surface area contributed by atoms with Gasteiger partial charge in [-0.2, -0.15) is 0 Å². The number of likely N-dealkylation sites (tertiary alicyclic amines) is 1. The van der Waals surface area contributed by atoms with Crippen molar-refractivity contribution >= 4 is 11.9 Å². The van der Waals surface area contributed by atoms with Crippen LogP contribution in [0.4, 0.5) is 0 Å². The van der Waals surface area contributed by atoms with Crippen molar-refractivity contribution in [1.29, 1.82) is 0 Å². The highest BCUT2D eigenvalue weighted by Gasteiger charge is 2.35. The summed E-state index contributed by atoms with van der Waals surface area (Å²) in [7, 11) is 1.51. The minimum Gasteiger partial charge on any atom is -0.500 e. The number of hydrogen-bond acceptors (Lipinski definition) is 4. The van der Waals surface area contributed by atoms with E-state index in [4.69, 9.17) is 4.74 Å². The quantitative estimate of drug-likeness (QED) is 0.523. The third-order valence-corrected chi connectivity index (χ3v) is 3.92. The van der Waals surface area contributed by atoms with Gasteiger partial charge in [0.2, 0.25) is 5.91 Å². The lowest BCUT2D eigenvalue weighted by Crippen LogP contribution is -2.41. The van der Waals surface area contributed by atoms with E-state index in [9.17, 15) is 14.7 Å². The summed E-state index contributed by atoms with van der Waals surface area (Å²) in [5.41, 5.74) is 0. The van der Waals surface area contributed by atoms with Gasteiger partial charge in [0.1, 0.15) is 11.8 Å². The van der Waals surface area contributed by atoms with Gasteiger partial charge in [0, 0.05) is 20.0 Å². The molecule has 0 saturated carbocycles. The Bertz CT molecular complexity index is 447. The lowest BCUT2D eigenvalue weighted by atomic mass is 10.1. The Hall–Kier alpha value is -1.82. The number of hydrogen-bond donors (Lipinski definition) is 2. The van der Waals surface area contributed by atoms with E-state index in [2.05, 4.69) is 18.0 Å². The first-order chi connectivity index (χ1) is 10.4. The number of amides is 1. The maximum Gasteiger partial charge on any atom is 0.320 e. The molecule has 6 nitrogen and oxygen atoms in total. The summed E-state index contributed by atoms with van der Waals surface area (Å²) >= 11 is 0. The smallest absolute Gasteiger partial charge is 0.320 e. The number of methoxy groups -OCH3 is 1. The van der Waals surface area contributed by atoms with Crippen LogP contribution in [0.1, 0.15) is 26.7 Å². The Balaban J connectivity index is 2.67. The SMILES string of the molecule is C=C(OC)C(CCN1C[C@H](C=CC)C[C@@H]1C(=O)O)NC(C)=O. The van der Waals surface area contributed by atoms with Crippen molar-refractivity contribution in [3.8, 4) is 0 Å². The molecule has 1 heterocycles. The van der Waals surface area contributed by atoms with Gasteiger partial charge in [-0.3, -0.25) is 14.5 Å². The molecule has 1 unspecified atom stereocenters. The molecule has 0 spiro atoms. The van der Waals surface area contributed by atoms with Crippen molar-refractivity contribution in [3.63, 3.8) is 0 Å². The van der Waals surface area contributed by atoms with Crippen molar-refractivity contribution in [2.75, 3.05) is 20.2 Å². The van der Waals surface area contributed by atoms with Crippen LogP contribution in [0.25, 0.3) is 0 Å². The number of ether oxygens (including phenoxy) is 1. The molecule has 6 heteroatoms. The Morgan fingerprint density at radius 1 is 1.55 bits per heavy atom. The maximum absolute atomic E-state index is 11.4. The number of aliphatic carboxylic acids is 1. The summed E-state index contributed by atoms with van der Waals surface area (Å²) in [5, 5.41) is 12.1. The molecule has 1 rings (SSSR count). The van der Waals surface area contributed by atoms with Crippen molar-refractivity contribution in [2.45, 2.75) is 38.8 Å². The molecule has 1 amide bonds. The number of nitrogens with zero attached hydrogens (tertiary/aromatic N) is 1. The largest absolute Gasteiger partial charge is 0.500 e. The number of carbonyl (C=O) groups excluding carboxylic acids is 1. The van der Waals surface area contributed by atoms with Crippen molar-refractivity contribution in [2.24, 2.45) is 5.92 Å². The summed E-state index contributed by atoms with van der Waals surface area (Å²) in [6.07, 6.45) is 5.20. The van der Waals surface area contributed by atoms with Crippen LogP contribution in [-0.4, -0.2) is 54.2 Å². The third-order valence-electron chi connectivity index (χ3n) is 3.92. The first-order valence-electron chi connectivity index (χ1n) is 7.48. The van der Waals surface area contributed by atoms with E-state index < -0.39 is 12.0 Å². The standard InChI is InChI=1S/C16H26N2O4/c1-5-6-13-9-15(16(20)21)18(10-13)8-7-14(11(2)22-4)17-12(3)19/h5-6,13-15H,2,7-10H2,1,3-4H3,(H,17,19)(H,20,21)/t13-,14?,15-/m1/s1. The average Bonchev–Trinajstić information content (AvgIpc) is 2.86. The van der Waals surface area contributed by atoms with E-state index in [0.717, 1.165) is 0 Å². The van der Waals surface area contributed by atoms with Gasteiger partial charge in [-0.25, -0.2) is 0 Å². The normalized spacial score (nSPS) is 23.4. The van der Waals surface area contributed by atoms with Gasteiger partial charge in [0.05, 0.1) is 13.2 Å². The van der Waals surface area contributed by atoms with Gasteiger partial charge < -0.3 is 15.2 Å². The Labute approximate surface area is 131 Å². The minimum absolute atomic E-state index is 0.161. The van der Waals surface area contributed by atoms with E-state index in [1.165, 1.54) is 14.0 Å². The van der Waals surface area contributed by atoms with Gasteiger partial charge in [-0.15, -0.1) is 0 Å². The van der Waals surface area contributed by atoms with E-state index in [0.29, 0.717) is 31.7 Å². The third kappa shape index (κ3) is 5.18. The Morgan fingerprint density at radius 3 is 2.73 bits per heavy atom. The number of carboxylic acid groups (broad SMARTS) is 1. The molecule has 0 radical (unpaired) electrons. The first kappa shape index (κ1) is 18.2. The molecule has 0 bridgehead atoms. The number of carbonyl (C=O) groups is 2. The molecule has 1 fully saturated rings. The van der Waals surface area contributed by atoms with E-state index in [1.54, 1.807) is 0 Å². The molecule has 0 aromatic carbocycles. The van der Waals surface area contributed by atoms with Crippen molar-refractivity contribution < 1.29 is 19.4 Å². The van der Waals surface area contributed by atoms with Crippen LogP contribution in [0.15, 0.2) is 24.5 Å². The zero-order valence-electron chi connectivity index (χ0n) is 13.5. The fourth-order valence-corrected chi connectivity index (χ4v) is 2.85. The highest BCUT2D eigenvalue weighted by Crippen LogP contribution is 2.25. The fourth-order valence-electron chi connectivity index (χ4n) is 2.85. The van der Waals surface area contributed by atoms with Gasteiger partial charge in [0.15, 0.2) is 0 Å². The molecule has 0 aliphatic carbocycles. The van der Waals surface area contributed by atoms with E-state index >= 15 is 0 Å². The van der Waals surface area contributed by atoms with Crippen LogP contribution < -0.4 is 5.32 Å². The Morgan fingerprint density at radius 2 is 2.23 bits per heavy atom. The molecular weight excluding hydrogens is 284 g/mol. The molecule has 3 atom stereocenters. The monoisotopic (exact) mass is 310 g/mol. The van der Waals surface area contributed by atoms with Crippen LogP contribution in [-0.2, 0) is 14.3 Å². The molecule has 0 aromatic rings. The van der Waals surface area contributed by atoms with Gasteiger partial charge in [0.25, 0.3) is 0 Å². The average molecular weight is 310 g/mol. The molecule has 2 N–H and O–H groups in total. The van der Waals surface area contributed by atoms with Gasteiger partial charge in [-0.1, -0.05) is 18.7 Å². The lowest BCUT2D eigenvalue weighted by Gasteiger charge is -2.25. The van der Waals surface area contributed by atoms with Crippen LogP contribution in [0.3, 0.4) is 0 Å². The lowest BCUT2D eigenvalue weighted by molar-refractivity contribution is -0.142. The predicted molar refractivity (Wildman–Crippen MR) is 84.3 cm³/mol. The second-order valence-electron chi connectivity index (χ2n) is 5.58. The van der Waals surface area contributed by atoms with E-state index in [-0.39, 0.29) is 17.9 Å². The molecule has 1 aliphatic heterocycles. The van der Waals surface area contributed by atoms with Gasteiger partial charge in [-0.05, 0) is 25.7 Å². The molecule has 22 heavy (non-hydrogen) atoms. The number of rotatable bonds is 8. The number of carboxylic acids is 1. The second kappa shape index (κ2) is 8.58. The minimum atomic E-state index is -0.798. The van der Waals surface area contributed by atoms with Crippen LogP contribution in [0.2, 0.25) is 0 Å². The van der Waals surface area contributed by atoms with Crippen LogP contribution >= 0.6 is 0 Å². The summed E-state index contributed by atoms with van der Waals surface area (Å²) in [5.74, 6) is -0.220. The predicted octanol–water partition coefficient (Wildman–Crippen LogP) is 1.39. The molecule has 1 aliphatic rings. The zero-order chi connectivity index (χ0) is 16.7. The highest BCUT2D eigenvalue weighted by molar-refractivity contribution is 5.74. The number of nitrogens with one attached hydrogen (secondary N) is 1. The van der Waals surface area contributed by atoms with Gasteiger partial charge >= 0.3 is 5.97 Å². The summed E-state index contributed by atoms with van der Waals surface area (Å²) in [4.78, 5) is 24.6. The zero-order valence-corrected chi connectivity index (χ0v) is 13.5. The van der Waals surface area contributed by atoms with E-state index in [1.807, 2.05) is 17.9 Å². The molecule has 0 aromatic heterocycles. The highest BCUT2D eigenvalue weighted by atomic mass is 16.5. The van der Waals surface area contributed by atoms with Crippen molar-refractivity contribution in [1.82, 2.24) is 10.2 Å². The number of allylic oxidation sites excluding steroid dienone is 1. The summed E-state index contributed by atoms with van der Waals surface area (Å²) in [6.45, 7) is 8.45. The van der Waals surface area contributed by atoms with Crippen molar-refractivity contribution in [3.05, 3.63) is 24.5 Å². The molecule has 124 valence electrons. The fraction of sp³-hybridized carbons (Fsp3) is 0.625. The Kier molecular flexibility index (Phi) is 7.11. The summed E-state index contributed by atoms with van der Waals surface area (Å²) in [6, 6.07) is -0.785. The first-order valence-corrected chi connectivity index (χ1v) is 7.48. The topological polar surface area (TPSA) is 78.9 Å². The maximum atomic E-state index is 11.4.